The Morgan fingerprint density at radius 2 is 2.44 bits per heavy atom. The highest BCUT2D eigenvalue weighted by Crippen LogP contribution is 2.12. The monoisotopic (exact) mass is 122 g/mol. The van der Waals surface area contributed by atoms with Crippen LogP contribution in [0.4, 0.5) is 0 Å². The Labute approximate surface area is 55.3 Å². The van der Waals surface area contributed by atoms with Crippen LogP contribution in [-0.2, 0) is 4.74 Å². The number of hydrogen-bond acceptors (Lipinski definition) is 1. The van der Waals surface area contributed by atoms with E-state index in [2.05, 4.69) is 5.73 Å². The molecule has 1 nitrogen and oxygen atoms in total. The molecule has 0 unspecified atom stereocenters. The van der Waals surface area contributed by atoms with Crippen molar-refractivity contribution in [2.45, 2.75) is 13.3 Å². The minimum Gasteiger partial charge on any atom is -0.501 e. The molecule has 0 aromatic heterocycles. The first-order chi connectivity index (χ1) is 4.33. The summed E-state index contributed by atoms with van der Waals surface area (Å²) >= 11 is 0. The normalized spacial score (nSPS) is 16.7. The third-order valence-corrected chi connectivity index (χ3v) is 1.30. The second-order valence-electron chi connectivity index (χ2n) is 2.11. The molecule has 0 amide bonds. The topological polar surface area (TPSA) is 9.23 Å². The summed E-state index contributed by atoms with van der Waals surface area (Å²) in [6.45, 7) is 2.04. The highest BCUT2D eigenvalue weighted by molar-refractivity contribution is 5.20. The van der Waals surface area contributed by atoms with Crippen LogP contribution in [-0.4, -0.2) is 7.11 Å². The van der Waals surface area contributed by atoms with Crippen LogP contribution < -0.4 is 0 Å². The maximum absolute atomic E-state index is 5.03. The van der Waals surface area contributed by atoms with Gasteiger partial charge >= 0.3 is 0 Å². The smallest absolute Gasteiger partial charge is 0.101 e. The van der Waals surface area contributed by atoms with Gasteiger partial charge in [0.15, 0.2) is 0 Å². The van der Waals surface area contributed by atoms with E-state index >= 15 is 0 Å². The SMILES string of the molecule is COC1=CC=C=C(C)C1. The van der Waals surface area contributed by atoms with Gasteiger partial charge in [-0.2, -0.15) is 0 Å². The molecule has 1 heteroatoms. The molecular weight excluding hydrogens is 112 g/mol. The molecule has 0 aromatic rings. The van der Waals surface area contributed by atoms with Crippen molar-refractivity contribution in [3.8, 4) is 0 Å². The Balaban J connectivity index is 2.70. The summed E-state index contributed by atoms with van der Waals surface area (Å²) in [5, 5.41) is 0. The molecule has 0 atom stereocenters. The lowest BCUT2D eigenvalue weighted by atomic mass is 10.1. The van der Waals surface area contributed by atoms with Crippen molar-refractivity contribution < 1.29 is 4.74 Å². The van der Waals surface area contributed by atoms with E-state index in [1.54, 1.807) is 7.11 Å². The zero-order valence-corrected chi connectivity index (χ0v) is 5.77. The van der Waals surface area contributed by atoms with Gasteiger partial charge in [0.2, 0.25) is 0 Å². The molecule has 1 rings (SSSR count). The molecule has 0 N–H and O–H groups in total. The molecule has 0 heterocycles. The summed E-state index contributed by atoms with van der Waals surface area (Å²) in [4.78, 5) is 0. The Bertz CT molecular complexity index is 193. The fourth-order valence-corrected chi connectivity index (χ4v) is 0.788. The minimum absolute atomic E-state index is 0.910. The number of allylic oxidation sites excluding steroid dienone is 2. The number of hydrogen-bond donors (Lipinski definition) is 0. The molecule has 0 aliphatic heterocycles. The van der Waals surface area contributed by atoms with Crippen molar-refractivity contribution >= 4 is 0 Å². The van der Waals surface area contributed by atoms with E-state index in [1.807, 2.05) is 19.1 Å². The Kier molecular flexibility index (Phi) is 1.76. The quantitative estimate of drug-likeness (QED) is 0.483. The van der Waals surface area contributed by atoms with E-state index in [1.165, 1.54) is 5.57 Å². The Morgan fingerprint density at radius 1 is 1.67 bits per heavy atom. The van der Waals surface area contributed by atoms with Crippen LogP contribution in [0.5, 0.6) is 0 Å². The van der Waals surface area contributed by atoms with Crippen LogP contribution >= 0.6 is 0 Å². The van der Waals surface area contributed by atoms with E-state index in [0.29, 0.717) is 0 Å². The van der Waals surface area contributed by atoms with Crippen LogP contribution in [0.2, 0.25) is 0 Å². The van der Waals surface area contributed by atoms with Gasteiger partial charge in [0.25, 0.3) is 0 Å². The van der Waals surface area contributed by atoms with E-state index in [-0.39, 0.29) is 0 Å². The standard InChI is InChI=1S/C8H10O/c1-7-4-3-5-8(6-7)9-2/h3,5H,6H2,1-2H3. The molecule has 0 saturated heterocycles. The van der Waals surface area contributed by atoms with Gasteiger partial charge in [0.05, 0.1) is 7.11 Å². The molecule has 9 heavy (non-hydrogen) atoms. The first-order valence-corrected chi connectivity index (χ1v) is 2.98. The van der Waals surface area contributed by atoms with E-state index in [0.717, 1.165) is 12.2 Å². The van der Waals surface area contributed by atoms with Crippen LogP contribution in [0.3, 0.4) is 0 Å². The molecule has 0 spiro atoms. The van der Waals surface area contributed by atoms with Crippen molar-refractivity contribution in [2.24, 2.45) is 0 Å². The van der Waals surface area contributed by atoms with Crippen molar-refractivity contribution in [3.63, 3.8) is 0 Å². The third-order valence-electron chi connectivity index (χ3n) is 1.30. The lowest BCUT2D eigenvalue weighted by Crippen LogP contribution is -1.89. The highest BCUT2D eigenvalue weighted by Gasteiger charge is 1.98. The second kappa shape index (κ2) is 2.56. The van der Waals surface area contributed by atoms with Gasteiger partial charge in [-0.15, -0.1) is 5.73 Å². The summed E-state index contributed by atoms with van der Waals surface area (Å²) in [7, 11) is 1.69. The van der Waals surface area contributed by atoms with E-state index in [4.69, 9.17) is 4.74 Å². The first kappa shape index (κ1) is 6.18. The summed E-state index contributed by atoms with van der Waals surface area (Å²) < 4.78 is 5.03. The first-order valence-electron chi connectivity index (χ1n) is 2.98. The van der Waals surface area contributed by atoms with Gasteiger partial charge < -0.3 is 4.74 Å². The largest absolute Gasteiger partial charge is 0.501 e. The Morgan fingerprint density at radius 3 is 2.89 bits per heavy atom. The number of ether oxygens (including phenoxy) is 1. The van der Waals surface area contributed by atoms with Crippen LogP contribution in [0.25, 0.3) is 0 Å². The van der Waals surface area contributed by atoms with Crippen molar-refractivity contribution in [3.05, 3.63) is 29.2 Å². The summed E-state index contributed by atoms with van der Waals surface area (Å²) in [6.07, 6.45) is 4.73. The van der Waals surface area contributed by atoms with E-state index in [9.17, 15) is 0 Å². The predicted octanol–water partition coefficient (Wildman–Crippen LogP) is 2.02. The van der Waals surface area contributed by atoms with Gasteiger partial charge in [-0.3, -0.25) is 0 Å². The maximum Gasteiger partial charge on any atom is 0.101 e. The fourth-order valence-electron chi connectivity index (χ4n) is 0.788. The second-order valence-corrected chi connectivity index (χ2v) is 2.11. The van der Waals surface area contributed by atoms with Gasteiger partial charge in [0, 0.05) is 6.42 Å². The van der Waals surface area contributed by atoms with Crippen molar-refractivity contribution in [2.75, 3.05) is 7.11 Å². The van der Waals surface area contributed by atoms with E-state index < -0.39 is 0 Å². The van der Waals surface area contributed by atoms with Gasteiger partial charge in [-0.25, -0.2) is 0 Å². The summed E-state index contributed by atoms with van der Waals surface area (Å²) in [5.41, 5.74) is 4.31. The van der Waals surface area contributed by atoms with Gasteiger partial charge in [-0.1, -0.05) is 0 Å². The molecule has 0 saturated carbocycles. The lowest BCUT2D eigenvalue weighted by Gasteiger charge is -2.05. The highest BCUT2D eigenvalue weighted by atomic mass is 16.5. The van der Waals surface area contributed by atoms with Crippen LogP contribution in [0.1, 0.15) is 13.3 Å². The summed E-state index contributed by atoms with van der Waals surface area (Å²) in [5.74, 6) is 1.02. The zero-order chi connectivity index (χ0) is 6.69. The molecule has 1 aliphatic carbocycles. The molecule has 1 aliphatic rings. The number of methoxy groups -OCH3 is 1. The lowest BCUT2D eigenvalue weighted by molar-refractivity contribution is 0.282. The van der Waals surface area contributed by atoms with Crippen LogP contribution in [0.15, 0.2) is 29.2 Å². The average molecular weight is 122 g/mol. The minimum atomic E-state index is 0.910. The molecule has 0 radical (unpaired) electrons. The van der Waals surface area contributed by atoms with Gasteiger partial charge in [-0.05, 0) is 24.6 Å². The zero-order valence-electron chi connectivity index (χ0n) is 5.77. The summed E-state index contributed by atoms with van der Waals surface area (Å²) in [6, 6.07) is 0. The molecule has 0 fully saturated rings. The number of rotatable bonds is 1. The fraction of sp³-hybridized carbons (Fsp3) is 0.375. The third kappa shape index (κ3) is 1.48. The maximum atomic E-state index is 5.03. The molecule has 48 valence electrons. The van der Waals surface area contributed by atoms with Gasteiger partial charge in [0.1, 0.15) is 5.76 Å². The Hall–Kier alpha value is -0.940. The van der Waals surface area contributed by atoms with Crippen molar-refractivity contribution in [1.82, 2.24) is 0 Å². The average Bonchev–Trinajstić information content (AvgIpc) is 1.88. The van der Waals surface area contributed by atoms with Crippen molar-refractivity contribution in [1.29, 1.82) is 0 Å². The predicted molar refractivity (Wildman–Crippen MR) is 37.0 cm³/mol. The molecule has 0 aromatic carbocycles. The molecule has 0 bridgehead atoms. The molecular formula is C8H10O. The van der Waals surface area contributed by atoms with Crippen LogP contribution in [0, 0.1) is 0 Å².